The monoisotopic (exact) mass is 447 g/mol. The lowest BCUT2D eigenvalue weighted by Crippen LogP contribution is -2.29. The standard InChI is InChI=1S/C26H29N3O4/c1-18-11-22(14-27-13-18)23-12-24(30)29(28-26(23)21-5-3-2-4-6-21)15-19-7-9-20(10-8-19)16-33-17-25(31)32/h2-6,11-14,19-20H,7-10,15-17H2,1H3,(H,31,32). The molecule has 0 atom stereocenters. The smallest absolute Gasteiger partial charge is 0.329 e. The summed E-state index contributed by atoms with van der Waals surface area (Å²) >= 11 is 0. The highest BCUT2D eigenvalue weighted by Gasteiger charge is 2.23. The molecule has 0 radical (unpaired) electrons. The second-order valence-corrected chi connectivity index (χ2v) is 8.84. The summed E-state index contributed by atoms with van der Waals surface area (Å²) in [6, 6.07) is 13.6. The van der Waals surface area contributed by atoms with Gasteiger partial charge in [0.1, 0.15) is 6.61 Å². The van der Waals surface area contributed by atoms with Gasteiger partial charge in [-0.05, 0) is 56.1 Å². The summed E-state index contributed by atoms with van der Waals surface area (Å²) in [7, 11) is 0. The maximum Gasteiger partial charge on any atom is 0.329 e. The van der Waals surface area contributed by atoms with E-state index in [1.165, 1.54) is 0 Å². The zero-order valence-electron chi connectivity index (χ0n) is 18.8. The van der Waals surface area contributed by atoms with Gasteiger partial charge in [0.15, 0.2) is 0 Å². The van der Waals surface area contributed by atoms with Crippen LogP contribution in [0.15, 0.2) is 59.7 Å². The van der Waals surface area contributed by atoms with Crippen molar-refractivity contribution in [2.24, 2.45) is 11.8 Å². The van der Waals surface area contributed by atoms with Gasteiger partial charge >= 0.3 is 5.97 Å². The molecule has 0 aliphatic heterocycles. The Kier molecular flexibility index (Phi) is 7.29. The summed E-state index contributed by atoms with van der Waals surface area (Å²) in [5, 5.41) is 13.5. The molecule has 0 bridgehead atoms. The molecule has 3 aromatic rings. The van der Waals surface area contributed by atoms with Gasteiger partial charge in [-0.3, -0.25) is 9.78 Å². The van der Waals surface area contributed by atoms with E-state index in [2.05, 4.69) is 4.98 Å². The molecule has 172 valence electrons. The Morgan fingerprint density at radius 3 is 2.48 bits per heavy atom. The van der Waals surface area contributed by atoms with E-state index in [1.807, 2.05) is 43.3 Å². The van der Waals surface area contributed by atoms with Crippen molar-refractivity contribution < 1.29 is 14.6 Å². The maximum atomic E-state index is 13.0. The molecule has 1 fully saturated rings. The minimum Gasteiger partial charge on any atom is -0.480 e. The van der Waals surface area contributed by atoms with Crippen LogP contribution in [0.4, 0.5) is 0 Å². The molecule has 7 nitrogen and oxygen atoms in total. The second kappa shape index (κ2) is 10.5. The van der Waals surface area contributed by atoms with E-state index < -0.39 is 5.97 Å². The number of ether oxygens (including phenoxy) is 1. The highest BCUT2D eigenvalue weighted by Crippen LogP contribution is 2.31. The minimum absolute atomic E-state index is 0.113. The number of aliphatic carboxylic acids is 1. The number of hydrogen-bond acceptors (Lipinski definition) is 5. The van der Waals surface area contributed by atoms with Crippen molar-refractivity contribution in [3.05, 3.63) is 70.8 Å². The Morgan fingerprint density at radius 2 is 1.79 bits per heavy atom. The molecule has 0 spiro atoms. The van der Waals surface area contributed by atoms with Crippen LogP contribution in [0, 0.1) is 18.8 Å². The maximum absolute atomic E-state index is 13.0. The van der Waals surface area contributed by atoms with Gasteiger partial charge < -0.3 is 9.84 Å². The molecule has 2 aromatic heterocycles. The molecule has 1 aliphatic carbocycles. The van der Waals surface area contributed by atoms with Gasteiger partial charge in [-0.25, -0.2) is 9.48 Å². The molecular formula is C26H29N3O4. The highest BCUT2D eigenvalue weighted by atomic mass is 16.5. The summed E-state index contributed by atoms with van der Waals surface area (Å²) < 4.78 is 6.86. The van der Waals surface area contributed by atoms with Gasteiger partial charge in [0, 0.05) is 41.7 Å². The topological polar surface area (TPSA) is 94.3 Å². The normalized spacial score (nSPS) is 18.2. The number of hydrogen-bond donors (Lipinski definition) is 1. The molecule has 4 rings (SSSR count). The lowest BCUT2D eigenvalue weighted by atomic mass is 9.82. The third-order valence-electron chi connectivity index (χ3n) is 6.21. The first-order chi connectivity index (χ1) is 16.0. The Bertz CT molecular complexity index is 1150. The first-order valence-electron chi connectivity index (χ1n) is 11.4. The molecule has 33 heavy (non-hydrogen) atoms. The van der Waals surface area contributed by atoms with Crippen molar-refractivity contribution in [2.45, 2.75) is 39.2 Å². The van der Waals surface area contributed by atoms with Crippen LogP contribution in [0.3, 0.4) is 0 Å². The van der Waals surface area contributed by atoms with Crippen LogP contribution in [-0.2, 0) is 16.1 Å². The Labute approximate surface area is 193 Å². The Morgan fingerprint density at radius 1 is 1.06 bits per heavy atom. The first kappa shape index (κ1) is 22.9. The van der Waals surface area contributed by atoms with Crippen LogP contribution in [0.25, 0.3) is 22.4 Å². The van der Waals surface area contributed by atoms with Crippen LogP contribution in [0.1, 0.15) is 31.2 Å². The average molecular weight is 448 g/mol. The van der Waals surface area contributed by atoms with E-state index in [9.17, 15) is 9.59 Å². The average Bonchev–Trinajstić information content (AvgIpc) is 2.81. The summed E-state index contributed by atoms with van der Waals surface area (Å²) in [5.41, 5.74) is 4.32. The van der Waals surface area contributed by atoms with Crippen molar-refractivity contribution in [2.75, 3.05) is 13.2 Å². The molecule has 7 heteroatoms. The number of carboxylic acids is 1. The number of aryl methyl sites for hydroxylation is 1. The fourth-order valence-corrected chi connectivity index (χ4v) is 4.49. The van der Waals surface area contributed by atoms with E-state index in [4.69, 9.17) is 14.9 Å². The summed E-state index contributed by atoms with van der Waals surface area (Å²) in [5.74, 6) is -0.198. The molecule has 1 N–H and O–H groups in total. The van der Waals surface area contributed by atoms with Crippen molar-refractivity contribution in [1.29, 1.82) is 0 Å². The van der Waals surface area contributed by atoms with Crippen LogP contribution in [0.5, 0.6) is 0 Å². The lowest BCUT2D eigenvalue weighted by molar-refractivity contribution is -0.142. The largest absolute Gasteiger partial charge is 0.480 e. The number of pyridine rings is 1. The number of rotatable bonds is 8. The van der Waals surface area contributed by atoms with Crippen molar-refractivity contribution in [3.8, 4) is 22.4 Å². The minimum atomic E-state index is -0.937. The fraction of sp³-hybridized carbons (Fsp3) is 0.385. The number of carboxylic acid groups (broad SMARTS) is 1. The number of benzene rings is 1. The van der Waals surface area contributed by atoms with Gasteiger partial charge in [0.2, 0.25) is 0 Å². The van der Waals surface area contributed by atoms with E-state index in [0.717, 1.165) is 53.6 Å². The van der Waals surface area contributed by atoms with Crippen LogP contribution in [0.2, 0.25) is 0 Å². The van der Waals surface area contributed by atoms with Gasteiger partial charge in [-0.1, -0.05) is 30.3 Å². The zero-order valence-corrected chi connectivity index (χ0v) is 18.8. The van der Waals surface area contributed by atoms with Gasteiger partial charge in [0.05, 0.1) is 12.3 Å². The SMILES string of the molecule is Cc1cncc(-c2cc(=O)n(CC3CCC(COCC(=O)O)CC3)nc2-c2ccccc2)c1. The molecule has 1 aromatic carbocycles. The molecule has 0 unspecified atom stereocenters. The summed E-state index contributed by atoms with van der Waals surface area (Å²) in [6.45, 7) is 2.79. The van der Waals surface area contributed by atoms with Crippen LogP contribution < -0.4 is 5.56 Å². The van der Waals surface area contributed by atoms with Crippen molar-refractivity contribution in [1.82, 2.24) is 14.8 Å². The van der Waals surface area contributed by atoms with E-state index >= 15 is 0 Å². The number of carbonyl (C=O) groups is 1. The fourth-order valence-electron chi connectivity index (χ4n) is 4.49. The van der Waals surface area contributed by atoms with Gasteiger partial charge in [0.25, 0.3) is 5.56 Å². The molecule has 1 saturated carbocycles. The van der Waals surface area contributed by atoms with Gasteiger partial charge in [-0.2, -0.15) is 5.10 Å². The summed E-state index contributed by atoms with van der Waals surface area (Å²) in [4.78, 5) is 28.0. The van der Waals surface area contributed by atoms with E-state index in [0.29, 0.717) is 25.0 Å². The third-order valence-corrected chi connectivity index (χ3v) is 6.21. The Balaban J connectivity index is 1.54. The molecule has 0 saturated heterocycles. The van der Waals surface area contributed by atoms with Crippen LogP contribution in [-0.4, -0.2) is 39.1 Å². The second-order valence-electron chi connectivity index (χ2n) is 8.84. The molecular weight excluding hydrogens is 418 g/mol. The molecule has 0 amide bonds. The zero-order chi connectivity index (χ0) is 23.2. The lowest BCUT2D eigenvalue weighted by Gasteiger charge is -2.28. The third kappa shape index (κ3) is 5.93. The quantitative estimate of drug-likeness (QED) is 0.556. The van der Waals surface area contributed by atoms with Crippen LogP contribution >= 0.6 is 0 Å². The predicted molar refractivity (Wildman–Crippen MR) is 126 cm³/mol. The number of aromatic nitrogens is 3. The molecule has 2 heterocycles. The van der Waals surface area contributed by atoms with E-state index in [1.54, 1.807) is 23.1 Å². The highest BCUT2D eigenvalue weighted by molar-refractivity contribution is 5.80. The first-order valence-corrected chi connectivity index (χ1v) is 11.4. The van der Waals surface area contributed by atoms with Gasteiger partial charge in [-0.15, -0.1) is 0 Å². The summed E-state index contributed by atoms with van der Waals surface area (Å²) in [6.07, 6.45) is 7.45. The van der Waals surface area contributed by atoms with E-state index in [-0.39, 0.29) is 12.2 Å². The van der Waals surface area contributed by atoms with Crippen molar-refractivity contribution in [3.63, 3.8) is 0 Å². The Hall–Kier alpha value is -3.32. The molecule has 1 aliphatic rings. The number of nitrogens with zero attached hydrogens (tertiary/aromatic N) is 3. The predicted octanol–water partition coefficient (Wildman–Crippen LogP) is 4.19. The van der Waals surface area contributed by atoms with Crippen molar-refractivity contribution >= 4 is 5.97 Å².